The number of aromatic carboxylic acids is 1. The highest BCUT2D eigenvalue weighted by Gasteiger charge is 2.11. The van der Waals surface area contributed by atoms with Gasteiger partial charge in [-0.1, -0.05) is 21.9 Å². The normalized spacial score (nSPS) is 10.3. The number of benzene rings is 1. The minimum Gasteiger partial charge on any atom is -0.487 e. The van der Waals surface area contributed by atoms with E-state index in [1.165, 1.54) is 12.1 Å². The molecule has 0 aliphatic heterocycles. The van der Waals surface area contributed by atoms with Crippen molar-refractivity contribution in [2.75, 3.05) is 0 Å². The molecule has 0 fully saturated rings. The molecule has 0 saturated carbocycles. The summed E-state index contributed by atoms with van der Waals surface area (Å²) in [6, 6.07) is 4.40. The summed E-state index contributed by atoms with van der Waals surface area (Å²) in [5.74, 6) is -0.719. The van der Waals surface area contributed by atoms with Gasteiger partial charge in [-0.15, -0.1) is 0 Å². The van der Waals surface area contributed by atoms with Gasteiger partial charge in [0.25, 0.3) is 0 Å². The zero-order valence-corrected chi connectivity index (χ0v) is 10.1. The molecular weight excluding hydrogens is 260 g/mol. The van der Waals surface area contributed by atoms with E-state index in [-0.39, 0.29) is 17.2 Å². The van der Waals surface area contributed by atoms with Crippen molar-refractivity contribution in [3.8, 4) is 5.75 Å². The highest BCUT2D eigenvalue weighted by Crippen LogP contribution is 2.22. The van der Waals surface area contributed by atoms with Gasteiger partial charge in [0.05, 0.1) is 10.6 Å². The average Bonchev–Trinajstić information content (AvgIpc) is 2.73. The first-order chi connectivity index (χ1) is 8.58. The fourth-order valence-corrected chi connectivity index (χ4v) is 1.49. The lowest BCUT2D eigenvalue weighted by Crippen LogP contribution is -2.01. The Morgan fingerprint density at radius 2 is 2.28 bits per heavy atom. The van der Waals surface area contributed by atoms with Crippen LogP contribution in [-0.4, -0.2) is 21.4 Å². The van der Waals surface area contributed by atoms with Gasteiger partial charge in [0.1, 0.15) is 23.7 Å². The maximum atomic E-state index is 10.9. The van der Waals surface area contributed by atoms with Gasteiger partial charge in [-0.05, 0) is 25.1 Å². The van der Waals surface area contributed by atoms with Crippen LogP contribution >= 0.6 is 11.6 Å². The van der Waals surface area contributed by atoms with Crippen LogP contribution in [0.1, 0.15) is 21.7 Å². The van der Waals surface area contributed by atoms with Gasteiger partial charge in [-0.25, -0.2) is 9.42 Å². The summed E-state index contributed by atoms with van der Waals surface area (Å²) in [5, 5.41) is 16.3. The van der Waals surface area contributed by atoms with Crippen LogP contribution in [0, 0.1) is 6.92 Å². The largest absolute Gasteiger partial charge is 0.487 e. The van der Waals surface area contributed by atoms with Crippen molar-refractivity contribution in [3.05, 3.63) is 40.2 Å². The molecule has 0 amide bonds. The maximum Gasteiger partial charge on any atom is 0.337 e. The Morgan fingerprint density at radius 1 is 1.50 bits per heavy atom. The number of aromatic nitrogens is 2. The Balaban J connectivity index is 2.13. The quantitative estimate of drug-likeness (QED) is 0.916. The molecule has 94 valence electrons. The monoisotopic (exact) mass is 268 g/mol. The first kappa shape index (κ1) is 12.4. The standard InChI is InChI=1S/C11H9ClN2O4/c1-6-10(14-18-13-6)5-17-7-2-3-9(12)8(4-7)11(15)16/h2-4H,5H2,1H3,(H,15,16). The molecule has 0 atom stereocenters. The first-order valence-electron chi connectivity index (χ1n) is 5.01. The van der Waals surface area contributed by atoms with Crippen LogP contribution in [0.3, 0.4) is 0 Å². The van der Waals surface area contributed by atoms with Crippen molar-refractivity contribution < 1.29 is 19.3 Å². The van der Waals surface area contributed by atoms with Gasteiger partial charge in [0.2, 0.25) is 0 Å². The molecule has 0 spiro atoms. The second-order valence-electron chi connectivity index (χ2n) is 3.53. The Bertz CT molecular complexity index is 582. The van der Waals surface area contributed by atoms with Gasteiger partial charge >= 0.3 is 5.97 Å². The number of rotatable bonds is 4. The summed E-state index contributed by atoms with van der Waals surface area (Å²) < 4.78 is 9.91. The zero-order chi connectivity index (χ0) is 13.1. The molecule has 1 N–H and O–H groups in total. The van der Waals surface area contributed by atoms with E-state index >= 15 is 0 Å². The maximum absolute atomic E-state index is 10.9. The van der Waals surface area contributed by atoms with E-state index in [2.05, 4.69) is 14.9 Å². The zero-order valence-electron chi connectivity index (χ0n) is 9.38. The smallest absolute Gasteiger partial charge is 0.337 e. The molecule has 7 heteroatoms. The Hall–Kier alpha value is -2.08. The molecule has 0 radical (unpaired) electrons. The number of carboxylic acids is 1. The van der Waals surface area contributed by atoms with Crippen molar-refractivity contribution in [2.24, 2.45) is 0 Å². The predicted molar refractivity (Wildman–Crippen MR) is 61.8 cm³/mol. The number of carbonyl (C=O) groups is 1. The minimum atomic E-state index is -1.11. The Morgan fingerprint density at radius 3 is 2.89 bits per heavy atom. The van der Waals surface area contributed by atoms with Gasteiger partial charge in [-0.3, -0.25) is 0 Å². The summed E-state index contributed by atoms with van der Waals surface area (Å²) in [5.41, 5.74) is 1.17. The summed E-state index contributed by atoms with van der Waals surface area (Å²) in [7, 11) is 0. The molecule has 6 nitrogen and oxygen atoms in total. The molecule has 0 unspecified atom stereocenters. The molecule has 2 aromatic rings. The van der Waals surface area contributed by atoms with Crippen LogP contribution in [-0.2, 0) is 6.61 Å². The van der Waals surface area contributed by atoms with E-state index in [1.54, 1.807) is 13.0 Å². The third-order valence-corrected chi connectivity index (χ3v) is 2.62. The third kappa shape index (κ3) is 2.60. The van der Waals surface area contributed by atoms with Gasteiger partial charge in [0, 0.05) is 0 Å². The Labute approximate surface area is 107 Å². The summed E-state index contributed by atoms with van der Waals surface area (Å²) in [4.78, 5) is 10.9. The molecule has 1 aromatic carbocycles. The minimum absolute atomic E-state index is 0.0100. The number of aryl methyl sites for hydroxylation is 1. The predicted octanol–water partition coefficient (Wildman–Crippen LogP) is 2.31. The number of ether oxygens (including phenoxy) is 1. The second-order valence-corrected chi connectivity index (χ2v) is 3.94. The van der Waals surface area contributed by atoms with E-state index in [4.69, 9.17) is 21.4 Å². The lowest BCUT2D eigenvalue weighted by atomic mass is 10.2. The Kier molecular flexibility index (Phi) is 3.47. The highest BCUT2D eigenvalue weighted by atomic mass is 35.5. The second kappa shape index (κ2) is 5.05. The molecule has 0 aliphatic rings. The topological polar surface area (TPSA) is 85.5 Å². The molecule has 0 saturated heterocycles. The van der Waals surface area contributed by atoms with E-state index in [0.717, 1.165) is 0 Å². The summed E-state index contributed by atoms with van der Waals surface area (Å²) in [6.45, 7) is 1.88. The lowest BCUT2D eigenvalue weighted by Gasteiger charge is -2.06. The van der Waals surface area contributed by atoms with E-state index in [9.17, 15) is 4.79 Å². The molecule has 2 rings (SSSR count). The fourth-order valence-electron chi connectivity index (χ4n) is 1.29. The van der Waals surface area contributed by atoms with Crippen molar-refractivity contribution in [3.63, 3.8) is 0 Å². The van der Waals surface area contributed by atoms with Crippen LogP contribution in [0.5, 0.6) is 5.75 Å². The number of nitrogens with zero attached hydrogens (tertiary/aromatic N) is 2. The highest BCUT2D eigenvalue weighted by molar-refractivity contribution is 6.33. The van der Waals surface area contributed by atoms with Crippen molar-refractivity contribution in [1.82, 2.24) is 10.3 Å². The average molecular weight is 269 g/mol. The van der Waals surface area contributed by atoms with E-state index in [0.29, 0.717) is 17.1 Å². The number of halogens is 1. The van der Waals surface area contributed by atoms with Crippen molar-refractivity contribution in [1.29, 1.82) is 0 Å². The van der Waals surface area contributed by atoms with Crippen molar-refractivity contribution in [2.45, 2.75) is 13.5 Å². The number of carboxylic acid groups (broad SMARTS) is 1. The van der Waals surface area contributed by atoms with Crippen molar-refractivity contribution >= 4 is 17.6 Å². The number of hydrogen-bond acceptors (Lipinski definition) is 5. The summed E-state index contributed by atoms with van der Waals surface area (Å²) >= 11 is 5.74. The van der Waals surface area contributed by atoms with E-state index in [1.807, 2.05) is 0 Å². The SMILES string of the molecule is Cc1nonc1COc1ccc(Cl)c(C(=O)O)c1. The lowest BCUT2D eigenvalue weighted by molar-refractivity contribution is 0.0696. The van der Waals surface area contributed by atoms with E-state index < -0.39 is 5.97 Å². The molecule has 1 heterocycles. The van der Waals surface area contributed by atoms with Gasteiger partial charge in [-0.2, -0.15) is 0 Å². The third-order valence-electron chi connectivity index (χ3n) is 2.29. The van der Waals surface area contributed by atoms with Crippen LogP contribution in [0.2, 0.25) is 5.02 Å². The van der Waals surface area contributed by atoms with Crippen LogP contribution in [0.4, 0.5) is 0 Å². The molecule has 0 aliphatic carbocycles. The molecule has 0 bridgehead atoms. The van der Waals surface area contributed by atoms with Gasteiger partial charge < -0.3 is 9.84 Å². The molecule has 1 aromatic heterocycles. The fraction of sp³-hybridized carbons (Fsp3) is 0.182. The molecular formula is C11H9ClN2O4. The van der Waals surface area contributed by atoms with Crippen LogP contribution < -0.4 is 4.74 Å². The molecule has 18 heavy (non-hydrogen) atoms. The number of hydrogen-bond donors (Lipinski definition) is 1. The van der Waals surface area contributed by atoms with Crippen LogP contribution in [0.25, 0.3) is 0 Å². The van der Waals surface area contributed by atoms with Gasteiger partial charge in [0.15, 0.2) is 0 Å². The van der Waals surface area contributed by atoms with Crippen LogP contribution in [0.15, 0.2) is 22.8 Å². The summed E-state index contributed by atoms with van der Waals surface area (Å²) in [6.07, 6.45) is 0. The first-order valence-corrected chi connectivity index (χ1v) is 5.39.